The van der Waals surface area contributed by atoms with Gasteiger partial charge in [-0.05, 0) is 74.5 Å². The van der Waals surface area contributed by atoms with Gasteiger partial charge < -0.3 is 5.32 Å². The van der Waals surface area contributed by atoms with Crippen LogP contribution in [0.4, 0.5) is 0 Å². The maximum Gasteiger partial charge on any atom is 0.00746 e. The Kier molecular flexibility index (Phi) is 5.25. The van der Waals surface area contributed by atoms with Gasteiger partial charge in [0.25, 0.3) is 0 Å². The molecule has 1 aromatic heterocycles. The monoisotopic (exact) mass is 265 g/mol. The van der Waals surface area contributed by atoms with E-state index in [1.807, 2.05) is 11.3 Å². The Morgan fingerprint density at radius 1 is 1.28 bits per heavy atom. The van der Waals surface area contributed by atoms with Gasteiger partial charge in [-0.1, -0.05) is 19.8 Å². The van der Waals surface area contributed by atoms with Crippen LogP contribution in [0.25, 0.3) is 0 Å². The van der Waals surface area contributed by atoms with E-state index in [9.17, 15) is 0 Å². The molecule has 0 amide bonds. The third-order valence-electron chi connectivity index (χ3n) is 4.60. The van der Waals surface area contributed by atoms with Crippen molar-refractivity contribution in [3.05, 3.63) is 21.9 Å². The third kappa shape index (κ3) is 3.58. The second-order valence-corrected chi connectivity index (χ2v) is 6.84. The molecule has 0 unspecified atom stereocenters. The Hall–Kier alpha value is -0.340. The average Bonchev–Trinajstić information content (AvgIpc) is 2.97. The van der Waals surface area contributed by atoms with Crippen molar-refractivity contribution in [2.45, 2.75) is 58.8 Å². The molecule has 1 heterocycles. The molecule has 1 saturated carbocycles. The van der Waals surface area contributed by atoms with Gasteiger partial charge in [0.05, 0.1) is 0 Å². The molecule has 0 saturated heterocycles. The summed E-state index contributed by atoms with van der Waals surface area (Å²) in [4.78, 5) is 1.62. The summed E-state index contributed by atoms with van der Waals surface area (Å²) in [6.45, 7) is 6.78. The molecule has 2 rings (SSSR count). The highest BCUT2D eigenvalue weighted by molar-refractivity contribution is 7.10. The predicted molar refractivity (Wildman–Crippen MR) is 81.4 cm³/mol. The number of thiophene rings is 1. The largest absolute Gasteiger partial charge is 0.317 e. The molecule has 1 nitrogen and oxygen atoms in total. The van der Waals surface area contributed by atoms with Crippen LogP contribution in [0.1, 0.15) is 55.9 Å². The van der Waals surface area contributed by atoms with Crippen LogP contribution in [0.3, 0.4) is 0 Å². The third-order valence-corrected chi connectivity index (χ3v) is 5.68. The average molecular weight is 265 g/mol. The molecule has 0 bridgehead atoms. The molecule has 0 aliphatic heterocycles. The summed E-state index contributed by atoms with van der Waals surface area (Å²) in [6.07, 6.45) is 9.91. The van der Waals surface area contributed by atoms with Crippen LogP contribution in [0.2, 0.25) is 0 Å². The van der Waals surface area contributed by atoms with Crippen molar-refractivity contribution >= 4 is 11.3 Å². The highest BCUT2D eigenvalue weighted by Gasteiger charge is 2.32. The normalized spacial score (nSPS) is 18.3. The molecule has 1 N–H and O–H groups in total. The van der Waals surface area contributed by atoms with Crippen LogP contribution >= 0.6 is 11.3 Å². The smallest absolute Gasteiger partial charge is 0.00746 e. The quantitative estimate of drug-likeness (QED) is 0.713. The summed E-state index contributed by atoms with van der Waals surface area (Å²) in [6, 6.07) is 2.26. The standard InChI is InChI=1S/C16H27NS/c1-3-17-12-11-16(8-4-5-9-16)10-6-15-14(2)7-13-18-15/h7,13,17H,3-6,8-12H2,1-2H3. The lowest BCUT2D eigenvalue weighted by Crippen LogP contribution is -2.25. The molecule has 18 heavy (non-hydrogen) atoms. The topological polar surface area (TPSA) is 12.0 Å². The van der Waals surface area contributed by atoms with Gasteiger partial charge in [0.2, 0.25) is 0 Å². The van der Waals surface area contributed by atoms with Gasteiger partial charge in [0.15, 0.2) is 0 Å². The van der Waals surface area contributed by atoms with Gasteiger partial charge in [-0.2, -0.15) is 0 Å². The summed E-state index contributed by atoms with van der Waals surface area (Å²) < 4.78 is 0. The second kappa shape index (κ2) is 6.72. The first kappa shape index (κ1) is 14.1. The molecule has 0 aromatic carbocycles. The molecule has 1 fully saturated rings. The van der Waals surface area contributed by atoms with Gasteiger partial charge in [-0.3, -0.25) is 0 Å². The number of nitrogens with one attached hydrogen (secondary N) is 1. The Balaban J connectivity index is 1.88. The van der Waals surface area contributed by atoms with Gasteiger partial charge >= 0.3 is 0 Å². The van der Waals surface area contributed by atoms with Crippen molar-refractivity contribution in [2.24, 2.45) is 5.41 Å². The van der Waals surface area contributed by atoms with E-state index in [1.165, 1.54) is 57.1 Å². The van der Waals surface area contributed by atoms with E-state index in [2.05, 4.69) is 30.6 Å². The first-order valence-corrected chi connectivity index (χ1v) is 8.37. The lowest BCUT2D eigenvalue weighted by Gasteiger charge is -2.29. The molecule has 1 aliphatic carbocycles. The fourth-order valence-electron chi connectivity index (χ4n) is 3.32. The summed E-state index contributed by atoms with van der Waals surface area (Å²) in [5.41, 5.74) is 2.15. The summed E-state index contributed by atoms with van der Waals surface area (Å²) in [5, 5.41) is 5.75. The molecule has 2 heteroatoms. The zero-order valence-corrected chi connectivity index (χ0v) is 12.7. The van der Waals surface area contributed by atoms with E-state index in [-0.39, 0.29) is 0 Å². The van der Waals surface area contributed by atoms with E-state index >= 15 is 0 Å². The number of hydrogen-bond donors (Lipinski definition) is 1. The van der Waals surface area contributed by atoms with Crippen molar-refractivity contribution < 1.29 is 0 Å². The zero-order valence-electron chi connectivity index (χ0n) is 11.9. The Bertz CT molecular complexity index is 350. The lowest BCUT2D eigenvalue weighted by atomic mass is 9.78. The van der Waals surface area contributed by atoms with Gasteiger partial charge in [0, 0.05) is 4.88 Å². The van der Waals surface area contributed by atoms with Crippen molar-refractivity contribution in [1.82, 2.24) is 5.32 Å². The molecule has 102 valence electrons. The van der Waals surface area contributed by atoms with Crippen LogP contribution in [-0.4, -0.2) is 13.1 Å². The van der Waals surface area contributed by atoms with Gasteiger partial charge in [-0.25, -0.2) is 0 Å². The summed E-state index contributed by atoms with van der Waals surface area (Å²) in [5.74, 6) is 0. The van der Waals surface area contributed by atoms with E-state index < -0.39 is 0 Å². The molecule has 0 atom stereocenters. The fourth-order valence-corrected chi connectivity index (χ4v) is 4.23. The minimum absolute atomic E-state index is 0.651. The van der Waals surface area contributed by atoms with Crippen molar-refractivity contribution in [3.63, 3.8) is 0 Å². The predicted octanol–water partition coefficient (Wildman–Crippen LogP) is 4.55. The van der Waals surface area contributed by atoms with E-state index in [0.717, 1.165) is 6.54 Å². The first-order valence-electron chi connectivity index (χ1n) is 7.49. The maximum atomic E-state index is 3.51. The highest BCUT2D eigenvalue weighted by Crippen LogP contribution is 2.44. The van der Waals surface area contributed by atoms with Crippen molar-refractivity contribution in [3.8, 4) is 0 Å². The Morgan fingerprint density at radius 3 is 2.67 bits per heavy atom. The highest BCUT2D eigenvalue weighted by atomic mass is 32.1. The lowest BCUT2D eigenvalue weighted by molar-refractivity contribution is 0.246. The first-order chi connectivity index (χ1) is 8.76. The van der Waals surface area contributed by atoms with Crippen LogP contribution in [0, 0.1) is 12.3 Å². The molecule has 1 aliphatic rings. The minimum atomic E-state index is 0.651. The van der Waals surface area contributed by atoms with E-state index in [0.29, 0.717) is 5.41 Å². The maximum absolute atomic E-state index is 3.51. The minimum Gasteiger partial charge on any atom is -0.317 e. The summed E-state index contributed by atoms with van der Waals surface area (Å²) in [7, 11) is 0. The fraction of sp³-hybridized carbons (Fsp3) is 0.750. The second-order valence-electron chi connectivity index (χ2n) is 5.84. The van der Waals surface area contributed by atoms with Gasteiger partial charge in [-0.15, -0.1) is 11.3 Å². The summed E-state index contributed by atoms with van der Waals surface area (Å²) >= 11 is 1.94. The Labute approximate surface area is 116 Å². The van der Waals surface area contributed by atoms with E-state index in [1.54, 1.807) is 4.88 Å². The Morgan fingerprint density at radius 2 is 2.06 bits per heavy atom. The molecular weight excluding hydrogens is 238 g/mol. The van der Waals surface area contributed by atoms with Crippen LogP contribution in [0.15, 0.2) is 11.4 Å². The number of rotatable bonds is 7. The van der Waals surface area contributed by atoms with Crippen molar-refractivity contribution in [1.29, 1.82) is 0 Å². The van der Waals surface area contributed by atoms with Crippen LogP contribution in [-0.2, 0) is 6.42 Å². The zero-order chi connectivity index (χ0) is 12.8. The number of hydrogen-bond acceptors (Lipinski definition) is 2. The van der Waals surface area contributed by atoms with Crippen molar-refractivity contribution in [2.75, 3.05) is 13.1 Å². The molecule has 1 aromatic rings. The van der Waals surface area contributed by atoms with Gasteiger partial charge in [0.1, 0.15) is 0 Å². The molecule has 0 radical (unpaired) electrons. The molecule has 0 spiro atoms. The molecular formula is C16H27NS. The van der Waals surface area contributed by atoms with Crippen LogP contribution in [0.5, 0.6) is 0 Å². The van der Waals surface area contributed by atoms with E-state index in [4.69, 9.17) is 0 Å². The number of aryl methyl sites for hydroxylation is 2. The SMILES string of the molecule is CCNCCC1(CCc2sccc2C)CCCC1. The van der Waals surface area contributed by atoms with Crippen LogP contribution < -0.4 is 5.32 Å².